The lowest BCUT2D eigenvalue weighted by Gasteiger charge is -2.14. The minimum absolute atomic E-state index is 0.276. The molecule has 1 heterocycles. The van der Waals surface area contributed by atoms with E-state index >= 15 is 0 Å². The Hall–Kier alpha value is -3.48. The van der Waals surface area contributed by atoms with Crippen molar-refractivity contribution in [1.29, 1.82) is 0 Å². The van der Waals surface area contributed by atoms with Crippen molar-refractivity contribution in [2.45, 2.75) is 19.8 Å². The zero-order valence-electron chi connectivity index (χ0n) is 15.4. The third kappa shape index (κ3) is 4.38. The molecule has 0 saturated heterocycles. The Morgan fingerprint density at radius 2 is 1.70 bits per heavy atom. The molecule has 7 heteroatoms. The highest BCUT2D eigenvalue weighted by atomic mass is 16.5. The first kappa shape index (κ1) is 18.3. The molecule has 27 heavy (non-hydrogen) atoms. The molecule has 0 atom stereocenters. The molecule has 7 nitrogen and oxygen atoms in total. The topological polar surface area (TPSA) is 89.0 Å². The molecule has 2 aromatic carbocycles. The number of para-hydroxylation sites is 2. The van der Waals surface area contributed by atoms with E-state index in [2.05, 4.69) is 45.7 Å². The summed E-state index contributed by atoms with van der Waals surface area (Å²) in [6.45, 7) is 4.27. The standard InChI is InChI=1S/C20H21N5O2/c1-13(2)14-8-4-6-10-16(14)22-18-12-21-25-20(24-18)23-17-11-7-5-9-15(17)19(26)27-3/h4-13H,1-3H3,(H2,22,23,24,25). The van der Waals surface area contributed by atoms with Gasteiger partial charge in [0.2, 0.25) is 5.95 Å². The molecule has 3 rings (SSSR count). The molecule has 0 amide bonds. The molecule has 0 aliphatic heterocycles. The Kier molecular flexibility index (Phi) is 5.61. The molecule has 0 saturated carbocycles. The Morgan fingerprint density at radius 1 is 1.00 bits per heavy atom. The zero-order valence-corrected chi connectivity index (χ0v) is 15.4. The van der Waals surface area contributed by atoms with E-state index in [0.717, 1.165) is 5.69 Å². The van der Waals surface area contributed by atoms with Crippen LogP contribution in [0.5, 0.6) is 0 Å². The Labute approximate surface area is 157 Å². The highest BCUT2D eigenvalue weighted by Crippen LogP contribution is 2.26. The number of rotatable bonds is 6. The highest BCUT2D eigenvalue weighted by molar-refractivity contribution is 5.96. The lowest BCUT2D eigenvalue weighted by molar-refractivity contribution is 0.0602. The maximum atomic E-state index is 11.9. The number of hydrogen-bond donors (Lipinski definition) is 2. The van der Waals surface area contributed by atoms with E-state index in [1.54, 1.807) is 24.4 Å². The molecule has 1 aromatic heterocycles. The molecule has 0 aliphatic rings. The zero-order chi connectivity index (χ0) is 19.2. The lowest BCUT2D eigenvalue weighted by atomic mass is 10.0. The Balaban J connectivity index is 1.85. The van der Waals surface area contributed by atoms with Gasteiger partial charge in [0.25, 0.3) is 0 Å². The van der Waals surface area contributed by atoms with Crippen LogP contribution < -0.4 is 10.6 Å². The first-order chi connectivity index (χ1) is 13.1. The van der Waals surface area contributed by atoms with Crippen LogP contribution in [-0.4, -0.2) is 28.3 Å². The predicted octanol–water partition coefficient (Wildman–Crippen LogP) is 4.27. The smallest absolute Gasteiger partial charge is 0.339 e. The molecule has 0 aliphatic carbocycles. The average molecular weight is 363 g/mol. The number of carbonyl (C=O) groups is 1. The number of carbonyl (C=O) groups excluding carboxylic acids is 1. The Bertz CT molecular complexity index is 943. The van der Waals surface area contributed by atoms with Crippen molar-refractivity contribution in [2.24, 2.45) is 0 Å². The second-order valence-corrected chi connectivity index (χ2v) is 6.19. The summed E-state index contributed by atoms with van der Waals surface area (Å²) in [6, 6.07) is 15.0. The number of aromatic nitrogens is 3. The first-order valence-corrected chi connectivity index (χ1v) is 8.58. The van der Waals surface area contributed by atoms with Gasteiger partial charge in [0.15, 0.2) is 5.82 Å². The third-order valence-corrected chi connectivity index (χ3v) is 3.98. The maximum Gasteiger partial charge on any atom is 0.339 e. The molecular weight excluding hydrogens is 342 g/mol. The van der Waals surface area contributed by atoms with Gasteiger partial charge in [0, 0.05) is 5.69 Å². The fourth-order valence-corrected chi connectivity index (χ4v) is 2.67. The number of methoxy groups -OCH3 is 1. The van der Waals surface area contributed by atoms with Gasteiger partial charge in [0.05, 0.1) is 24.6 Å². The van der Waals surface area contributed by atoms with Crippen LogP contribution in [-0.2, 0) is 4.74 Å². The lowest BCUT2D eigenvalue weighted by Crippen LogP contribution is -2.08. The molecule has 3 aromatic rings. The molecular formula is C20H21N5O2. The Morgan fingerprint density at radius 3 is 2.44 bits per heavy atom. The van der Waals surface area contributed by atoms with Gasteiger partial charge in [-0.1, -0.05) is 44.2 Å². The van der Waals surface area contributed by atoms with Crippen LogP contribution >= 0.6 is 0 Å². The minimum atomic E-state index is -0.439. The number of nitrogens with one attached hydrogen (secondary N) is 2. The van der Waals surface area contributed by atoms with Crippen LogP contribution in [0.25, 0.3) is 0 Å². The molecule has 0 unspecified atom stereocenters. The molecule has 138 valence electrons. The molecule has 0 fully saturated rings. The van der Waals surface area contributed by atoms with Gasteiger partial charge in [0.1, 0.15) is 0 Å². The normalized spacial score (nSPS) is 10.5. The highest BCUT2D eigenvalue weighted by Gasteiger charge is 2.13. The van der Waals surface area contributed by atoms with Crippen LogP contribution in [0.3, 0.4) is 0 Å². The van der Waals surface area contributed by atoms with Crippen molar-refractivity contribution in [3.8, 4) is 0 Å². The SMILES string of the molecule is COC(=O)c1ccccc1Nc1nncc(Nc2ccccc2C(C)C)n1. The number of esters is 1. The molecule has 0 bridgehead atoms. The number of hydrogen-bond acceptors (Lipinski definition) is 7. The largest absolute Gasteiger partial charge is 0.465 e. The maximum absolute atomic E-state index is 11.9. The quantitative estimate of drug-likeness (QED) is 0.632. The summed E-state index contributed by atoms with van der Waals surface area (Å²) in [5.74, 6) is 0.758. The van der Waals surface area contributed by atoms with E-state index < -0.39 is 5.97 Å². The number of benzene rings is 2. The van der Waals surface area contributed by atoms with Crippen molar-refractivity contribution in [1.82, 2.24) is 15.2 Å². The summed E-state index contributed by atoms with van der Waals surface area (Å²) in [6.07, 6.45) is 1.55. The van der Waals surface area contributed by atoms with Crippen molar-refractivity contribution in [3.63, 3.8) is 0 Å². The van der Waals surface area contributed by atoms with E-state index in [4.69, 9.17) is 4.74 Å². The van der Waals surface area contributed by atoms with Gasteiger partial charge in [-0.15, -0.1) is 5.10 Å². The number of anilines is 4. The van der Waals surface area contributed by atoms with Crippen LogP contribution in [0, 0.1) is 0 Å². The second kappa shape index (κ2) is 8.27. The van der Waals surface area contributed by atoms with Crippen molar-refractivity contribution < 1.29 is 9.53 Å². The van der Waals surface area contributed by atoms with Crippen molar-refractivity contribution in [2.75, 3.05) is 17.7 Å². The summed E-state index contributed by atoms with van der Waals surface area (Å²) in [7, 11) is 1.34. The van der Waals surface area contributed by atoms with E-state index in [1.807, 2.05) is 24.3 Å². The van der Waals surface area contributed by atoms with E-state index in [9.17, 15) is 4.79 Å². The molecule has 2 N–H and O–H groups in total. The van der Waals surface area contributed by atoms with Crippen LogP contribution in [0.2, 0.25) is 0 Å². The van der Waals surface area contributed by atoms with Crippen LogP contribution in [0.1, 0.15) is 35.7 Å². The van der Waals surface area contributed by atoms with Crippen molar-refractivity contribution in [3.05, 3.63) is 65.9 Å². The van der Waals surface area contributed by atoms with E-state index in [1.165, 1.54) is 12.7 Å². The summed E-state index contributed by atoms with van der Waals surface area (Å²) in [4.78, 5) is 16.3. The van der Waals surface area contributed by atoms with Gasteiger partial charge in [-0.25, -0.2) is 4.79 Å². The van der Waals surface area contributed by atoms with Gasteiger partial charge in [-0.3, -0.25) is 0 Å². The van der Waals surface area contributed by atoms with E-state index in [-0.39, 0.29) is 5.95 Å². The van der Waals surface area contributed by atoms with Crippen LogP contribution in [0.15, 0.2) is 54.7 Å². The van der Waals surface area contributed by atoms with E-state index in [0.29, 0.717) is 23.0 Å². The monoisotopic (exact) mass is 363 g/mol. The fourth-order valence-electron chi connectivity index (χ4n) is 2.67. The minimum Gasteiger partial charge on any atom is -0.465 e. The summed E-state index contributed by atoms with van der Waals surface area (Å²) in [5.41, 5.74) is 3.09. The van der Waals surface area contributed by atoms with Gasteiger partial charge < -0.3 is 15.4 Å². The van der Waals surface area contributed by atoms with Crippen molar-refractivity contribution >= 4 is 29.1 Å². The molecule has 0 spiro atoms. The van der Waals surface area contributed by atoms with Gasteiger partial charge >= 0.3 is 5.97 Å². The first-order valence-electron chi connectivity index (χ1n) is 8.58. The second-order valence-electron chi connectivity index (χ2n) is 6.19. The summed E-state index contributed by atoms with van der Waals surface area (Å²) < 4.78 is 4.81. The average Bonchev–Trinajstić information content (AvgIpc) is 2.68. The van der Waals surface area contributed by atoms with Crippen LogP contribution in [0.4, 0.5) is 23.1 Å². The fraction of sp³-hybridized carbons (Fsp3) is 0.200. The number of ether oxygens (including phenoxy) is 1. The molecule has 0 radical (unpaired) electrons. The predicted molar refractivity (Wildman–Crippen MR) is 105 cm³/mol. The van der Waals surface area contributed by atoms with Gasteiger partial charge in [-0.05, 0) is 29.7 Å². The van der Waals surface area contributed by atoms with Gasteiger partial charge in [-0.2, -0.15) is 10.1 Å². The summed E-state index contributed by atoms with van der Waals surface area (Å²) >= 11 is 0. The third-order valence-electron chi connectivity index (χ3n) is 3.98. The number of nitrogens with zero attached hydrogens (tertiary/aromatic N) is 3. The summed E-state index contributed by atoms with van der Waals surface area (Å²) in [5, 5.41) is 14.3.